The van der Waals surface area contributed by atoms with Crippen LogP contribution in [0.5, 0.6) is 0 Å². The van der Waals surface area contributed by atoms with Crippen LogP contribution in [0.4, 0.5) is 0 Å². The molecule has 2 unspecified atom stereocenters. The monoisotopic (exact) mass is 286 g/mol. The van der Waals surface area contributed by atoms with E-state index in [1.54, 1.807) is 7.05 Å². The van der Waals surface area contributed by atoms with Gasteiger partial charge in [-0.25, -0.2) is 0 Å². The summed E-state index contributed by atoms with van der Waals surface area (Å²) in [6.07, 6.45) is -0.0540. The fraction of sp³-hybridized carbons (Fsp3) is 0.364. The van der Waals surface area contributed by atoms with Crippen molar-refractivity contribution < 1.29 is 9.90 Å². The molecule has 0 radical (unpaired) electrons. The molecule has 0 heterocycles. The lowest BCUT2D eigenvalue weighted by molar-refractivity contribution is -0.137. The van der Waals surface area contributed by atoms with Crippen molar-refractivity contribution in [1.29, 1.82) is 0 Å². The van der Waals surface area contributed by atoms with Crippen molar-refractivity contribution in [3.8, 4) is 0 Å². The first-order chi connectivity index (χ1) is 7.54. The molecular weight excluding hydrogens is 272 g/mol. The second-order valence-corrected chi connectivity index (χ2v) is 4.50. The number of carbonyl (C=O) groups is 1. The number of nitrogens with one attached hydrogen (secondary N) is 1. The highest BCUT2D eigenvalue weighted by molar-refractivity contribution is 9.10. The molecule has 88 valence electrons. The fourth-order valence-corrected chi connectivity index (χ4v) is 1.88. The zero-order valence-electron chi connectivity index (χ0n) is 8.98. The lowest BCUT2D eigenvalue weighted by atomic mass is 9.98. The van der Waals surface area contributed by atoms with E-state index in [0.29, 0.717) is 0 Å². The van der Waals surface area contributed by atoms with E-state index in [9.17, 15) is 4.79 Å². The topological polar surface area (TPSA) is 75.3 Å². The second-order valence-electron chi connectivity index (χ2n) is 3.58. The van der Waals surface area contributed by atoms with Crippen LogP contribution < -0.4 is 11.1 Å². The zero-order chi connectivity index (χ0) is 12.1. The van der Waals surface area contributed by atoms with Crippen molar-refractivity contribution in [3.63, 3.8) is 0 Å². The van der Waals surface area contributed by atoms with Crippen molar-refractivity contribution in [2.75, 3.05) is 7.05 Å². The molecule has 0 amide bonds. The van der Waals surface area contributed by atoms with Gasteiger partial charge in [-0.05, 0) is 24.7 Å². The van der Waals surface area contributed by atoms with E-state index in [4.69, 9.17) is 10.8 Å². The molecule has 0 spiro atoms. The van der Waals surface area contributed by atoms with Crippen LogP contribution in [-0.2, 0) is 4.79 Å². The molecule has 4 nitrogen and oxygen atoms in total. The van der Waals surface area contributed by atoms with Gasteiger partial charge in [-0.15, -0.1) is 0 Å². The van der Waals surface area contributed by atoms with Crippen molar-refractivity contribution >= 4 is 21.9 Å². The summed E-state index contributed by atoms with van der Waals surface area (Å²) in [6.45, 7) is 0. The van der Waals surface area contributed by atoms with E-state index in [1.165, 1.54) is 0 Å². The molecule has 0 saturated carbocycles. The van der Waals surface area contributed by atoms with Gasteiger partial charge in [-0.2, -0.15) is 0 Å². The molecule has 5 heteroatoms. The number of aliphatic carboxylic acids is 1. The Morgan fingerprint density at radius 2 is 2.06 bits per heavy atom. The number of rotatable bonds is 5. The maximum atomic E-state index is 10.6. The third-order valence-corrected chi connectivity index (χ3v) is 2.91. The van der Waals surface area contributed by atoms with Crippen LogP contribution in [0.1, 0.15) is 18.0 Å². The normalized spacial score (nSPS) is 14.4. The SMILES string of the molecule is CNC(c1ccc(Br)cc1)C(N)CC(=O)O. The van der Waals surface area contributed by atoms with Gasteiger partial charge >= 0.3 is 5.97 Å². The minimum atomic E-state index is -0.884. The van der Waals surface area contributed by atoms with Crippen LogP contribution >= 0.6 is 15.9 Å². The summed E-state index contributed by atoms with van der Waals surface area (Å²) in [5.74, 6) is -0.884. The predicted molar refractivity (Wildman–Crippen MR) is 66.2 cm³/mol. The molecular formula is C11H15BrN2O2. The van der Waals surface area contributed by atoms with Crippen LogP contribution in [0, 0.1) is 0 Å². The van der Waals surface area contributed by atoms with E-state index >= 15 is 0 Å². The zero-order valence-corrected chi connectivity index (χ0v) is 10.6. The molecule has 4 N–H and O–H groups in total. The average Bonchev–Trinajstić information content (AvgIpc) is 2.21. The van der Waals surface area contributed by atoms with Crippen LogP contribution in [0.25, 0.3) is 0 Å². The number of carboxylic acids is 1. The van der Waals surface area contributed by atoms with Crippen molar-refractivity contribution in [2.24, 2.45) is 5.73 Å². The van der Waals surface area contributed by atoms with Gasteiger partial charge in [0.15, 0.2) is 0 Å². The van der Waals surface area contributed by atoms with Gasteiger partial charge < -0.3 is 16.2 Å². The number of carboxylic acid groups (broad SMARTS) is 1. The maximum absolute atomic E-state index is 10.6. The molecule has 1 rings (SSSR count). The van der Waals surface area contributed by atoms with Crippen molar-refractivity contribution in [3.05, 3.63) is 34.3 Å². The van der Waals surface area contributed by atoms with Gasteiger partial charge in [0.25, 0.3) is 0 Å². The third-order valence-electron chi connectivity index (χ3n) is 2.38. The molecule has 2 atom stereocenters. The largest absolute Gasteiger partial charge is 0.481 e. The van der Waals surface area contributed by atoms with Crippen LogP contribution in [0.3, 0.4) is 0 Å². The number of nitrogens with two attached hydrogens (primary N) is 1. The number of likely N-dealkylation sites (N-methyl/N-ethyl adjacent to an activating group) is 1. The minimum Gasteiger partial charge on any atom is -0.481 e. The Morgan fingerprint density at radius 3 is 2.50 bits per heavy atom. The van der Waals surface area contributed by atoms with Crippen LogP contribution in [-0.4, -0.2) is 24.2 Å². The van der Waals surface area contributed by atoms with Gasteiger partial charge in [-0.3, -0.25) is 4.79 Å². The summed E-state index contributed by atoms with van der Waals surface area (Å²) < 4.78 is 0.984. The summed E-state index contributed by atoms with van der Waals surface area (Å²) in [5, 5.41) is 11.7. The molecule has 0 fully saturated rings. The molecule has 0 saturated heterocycles. The Balaban J connectivity index is 2.81. The van der Waals surface area contributed by atoms with Crippen LogP contribution in [0.15, 0.2) is 28.7 Å². The summed E-state index contributed by atoms with van der Waals surface area (Å²) in [4.78, 5) is 10.6. The summed E-state index contributed by atoms with van der Waals surface area (Å²) in [7, 11) is 1.77. The Hall–Kier alpha value is -0.910. The number of hydrogen-bond donors (Lipinski definition) is 3. The molecule has 0 aromatic heterocycles. The maximum Gasteiger partial charge on any atom is 0.304 e. The first kappa shape index (κ1) is 13.2. The second kappa shape index (κ2) is 5.98. The first-order valence-corrected chi connectivity index (χ1v) is 5.74. The summed E-state index contributed by atoms with van der Waals surface area (Å²) >= 11 is 3.35. The van der Waals surface area contributed by atoms with Gasteiger partial charge in [-0.1, -0.05) is 28.1 Å². The minimum absolute atomic E-state index is 0.0540. The summed E-state index contributed by atoms with van der Waals surface area (Å²) in [5.41, 5.74) is 6.83. The average molecular weight is 287 g/mol. The lowest BCUT2D eigenvalue weighted by Gasteiger charge is -2.22. The highest BCUT2D eigenvalue weighted by Crippen LogP contribution is 2.20. The lowest BCUT2D eigenvalue weighted by Crippen LogP contribution is -2.37. The van der Waals surface area contributed by atoms with E-state index in [0.717, 1.165) is 10.0 Å². The fourth-order valence-electron chi connectivity index (χ4n) is 1.62. The Kier molecular flexibility index (Phi) is 4.92. The van der Waals surface area contributed by atoms with E-state index in [-0.39, 0.29) is 12.5 Å². The van der Waals surface area contributed by atoms with Crippen LogP contribution in [0.2, 0.25) is 0 Å². The Morgan fingerprint density at radius 1 is 1.50 bits per heavy atom. The summed E-state index contributed by atoms with van der Waals surface area (Å²) in [6, 6.07) is 7.08. The highest BCUT2D eigenvalue weighted by Gasteiger charge is 2.20. The molecule has 0 aliphatic rings. The Labute approximate surface area is 103 Å². The molecule has 0 aliphatic heterocycles. The highest BCUT2D eigenvalue weighted by atomic mass is 79.9. The standard InChI is InChI=1S/C11H15BrN2O2/c1-14-11(9(13)6-10(15)16)7-2-4-8(12)5-3-7/h2-5,9,11,14H,6,13H2,1H3,(H,15,16). The molecule has 0 aliphatic carbocycles. The molecule has 0 bridgehead atoms. The molecule has 1 aromatic rings. The number of benzene rings is 1. The predicted octanol–water partition coefficient (Wildman–Crippen LogP) is 1.51. The number of hydrogen-bond acceptors (Lipinski definition) is 3. The van der Waals surface area contributed by atoms with E-state index in [2.05, 4.69) is 21.2 Å². The van der Waals surface area contributed by atoms with Crippen molar-refractivity contribution in [1.82, 2.24) is 5.32 Å². The van der Waals surface area contributed by atoms with Gasteiger partial charge in [0.1, 0.15) is 0 Å². The molecule has 16 heavy (non-hydrogen) atoms. The first-order valence-electron chi connectivity index (χ1n) is 4.94. The molecule has 1 aromatic carbocycles. The van der Waals surface area contributed by atoms with Crippen molar-refractivity contribution in [2.45, 2.75) is 18.5 Å². The quantitative estimate of drug-likeness (QED) is 0.767. The Bertz CT molecular complexity index is 354. The van der Waals surface area contributed by atoms with Gasteiger partial charge in [0, 0.05) is 16.6 Å². The number of halogens is 1. The van der Waals surface area contributed by atoms with Gasteiger partial charge in [0.2, 0.25) is 0 Å². The van der Waals surface area contributed by atoms with Gasteiger partial charge in [0.05, 0.1) is 6.42 Å². The smallest absolute Gasteiger partial charge is 0.304 e. The van der Waals surface area contributed by atoms with E-state index < -0.39 is 12.0 Å². The third kappa shape index (κ3) is 3.59. The van der Waals surface area contributed by atoms with E-state index in [1.807, 2.05) is 24.3 Å².